The van der Waals surface area contributed by atoms with Crippen molar-refractivity contribution in [1.29, 1.82) is 0 Å². The summed E-state index contributed by atoms with van der Waals surface area (Å²) in [5.41, 5.74) is 1.84. The van der Waals surface area contributed by atoms with Crippen molar-refractivity contribution in [2.24, 2.45) is 5.92 Å². The van der Waals surface area contributed by atoms with Crippen LogP contribution in [0.4, 0.5) is 0 Å². The summed E-state index contributed by atoms with van der Waals surface area (Å²) in [5, 5.41) is 2.95. The predicted molar refractivity (Wildman–Crippen MR) is 90.1 cm³/mol. The van der Waals surface area contributed by atoms with Gasteiger partial charge in [-0.3, -0.25) is 14.6 Å². The van der Waals surface area contributed by atoms with Crippen LogP contribution in [0.15, 0.2) is 37.1 Å². The summed E-state index contributed by atoms with van der Waals surface area (Å²) in [7, 11) is 0. The number of rotatable bonds is 5. The molecular formula is C18H21N5O2. The van der Waals surface area contributed by atoms with Crippen molar-refractivity contribution in [2.75, 3.05) is 6.54 Å². The quantitative estimate of drug-likeness (QED) is 0.890. The van der Waals surface area contributed by atoms with Crippen LogP contribution in [0.5, 0.6) is 0 Å². The van der Waals surface area contributed by atoms with Crippen LogP contribution in [0.3, 0.4) is 0 Å². The van der Waals surface area contributed by atoms with Crippen LogP contribution in [0.25, 0.3) is 0 Å². The van der Waals surface area contributed by atoms with Crippen molar-refractivity contribution in [3.8, 4) is 0 Å². The molecule has 7 nitrogen and oxygen atoms in total. The molecule has 3 heterocycles. The molecule has 1 fully saturated rings. The number of carbonyl (C=O) groups is 2. The first-order valence-electron chi connectivity index (χ1n) is 8.66. The molecule has 0 spiro atoms. The lowest BCUT2D eigenvalue weighted by atomic mass is 10.1. The first-order valence-corrected chi connectivity index (χ1v) is 8.66. The van der Waals surface area contributed by atoms with E-state index in [0.29, 0.717) is 32.0 Å². The zero-order chi connectivity index (χ0) is 17.2. The molecule has 0 aromatic carbocycles. The molecule has 2 amide bonds. The first-order chi connectivity index (χ1) is 12.2. The van der Waals surface area contributed by atoms with Crippen LogP contribution >= 0.6 is 0 Å². The highest BCUT2D eigenvalue weighted by molar-refractivity contribution is 5.83. The molecular weight excluding hydrogens is 318 g/mol. The van der Waals surface area contributed by atoms with E-state index in [2.05, 4.69) is 15.3 Å². The summed E-state index contributed by atoms with van der Waals surface area (Å²) in [6.45, 7) is 1.34. The second kappa shape index (κ2) is 6.66. The van der Waals surface area contributed by atoms with Gasteiger partial charge in [0.1, 0.15) is 6.04 Å². The van der Waals surface area contributed by atoms with E-state index >= 15 is 0 Å². The van der Waals surface area contributed by atoms with Crippen molar-refractivity contribution >= 4 is 11.8 Å². The van der Waals surface area contributed by atoms with Gasteiger partial charge in [0.05, 0.1) is 25.1 Å². The monoisotopic (exact) mass is 339 g/mol. The molecule has 2 aromatic heterocycles. The Balaban J connectivity index is 1.45. The van der Waals surface area contributed by atoms with E-state index in [1.807, 2.05) is 16.7 Å². The van der Waals surface area contributed by atoms with Crippen molar-refractivity contribution < 1.29 is 9.59 Å². The van der Waals surface area contributed by atoms with Gasteiger partial charge in [-0.2, -0.15) is 0 Å². The Morgan fingerprint density at radius 1 is 1.24 bits per heavy atom. The number of imidazole rings is 1. The third-order valence-corrected chi connectivity index (χ3v) is 4.83. The first kappa shape index (κ1) is 15.8. The van der Waals surface area contributed by atoms with Gasteiger partial charge in [0.15, 0.2) is 0 Å². The fourth-order valence-corrected chi connectivity index (χ4v) is 3.20. The summed E-state index contributed by atoms with van der Waals surface area (Å²) < 4.78 is 1.87. The Kier molecular flexibility index (Phi) is 4.21. The molecule has 0 saturated heterocycles. The molecule has 7 heteroatoms. The lowest BCUT2D eigenvalue weighted by Gasteiger charge is -2.33. The van der Waals surface area contributed by atoms with E-state index in [0.717, 1.165) is 24.1 Å². The van der Waals surface area contributed by atoms with Crippen molar-refractivity contribution in [2.45, 2.75) is 38.4 Å². The highest BCUT2D eigenvalue weighted by Crippen LogP contribution is 2.33. The van der Waals surface area contributed by atoms with E-state index in [-0.39, 0.29) is 11.8 Å². The average molecular weight is 339 g/mol. The number of nitrogens with one attached hydrogen (secondary N) is 1. The molecule has 1 saturated carbocycles. The maximum absolute atomic E-state index is 12.7. The Morgan fingerprint density at radius 3 is 2.88 bits per heavy atom. The molecule has 0 bridgehead atoms. The molecule has 1 N–H and O–H groups in total. The number of fused-ring (bicyclic) bond motifs is 1. The number of aromatic nitrogens is 3. The van der Waals surface area contributed by atoms with Gasteiger partial charge in [-0.15, -0.1) is 0 Å². The molecule has 1 aliphatic carbocycles. The largest absolute Gasteiger partial charge is 0.350 e. The predicted octanol–water partition coefficient (Wildman–Crippen LogP) is 1.28. The molecule has 0 unspecified atom stereocenters. The summed E-state index contributed by atoms with van der Waals surface area (Å²) in [6, 6.07) is 3.32. The summed E-state index contributed by atoms with van der Waals surface area (Å²) in [4.78, 5) is 35.2. The highest BCUT2D eigenvalue weighted by atomic mass is 16.2. The summed E-state index contributed by atoms with van der Waals surface area (Å²) in [5.74, 6) is 0.573. The smallest absolute Gasteiger partial charge is 0.245 e. The Bertz CT molecular complexity index is 769. The van der Waals surface area contributed by atoms with E-state index in [9.17, 15) is 9.59 Å². The van der Waals surface area contributed by atoms with Crippen molar-refractivity contribution in [3.63, 3.8) is 0 Å². The minimum Gasteiger partial charge on any atom is -0.350 e. The zero-order valence-electron chi connectivity index (χ0n) is 14.0. The maximum atomic E-state index is 12.7. The van der Waals surface area contributed by atoms with Gasteiger partial charge >= 0.3 is 0 Å². The molecule has 4 rings (SSSR count). The Morgan fingerprint density at radius 2 is 2.12 bits per heavy atom. The number of carbonyl (C=O) groups excluding carboxylic acids is 2. The van der Waals surface area contributed by atoms with Gasteiger partial charge < -0.3 is 14.8 Å². The van der Waals surface area contributed by atoms with Gasteiger partial charge in [0.25, 0.3) is 0 Å². The van der Waals surface area contributed by atoms with Crippen LogP contribution in [0.2, 0.25) is 0 Å². The number of amides is 2. The second-order valence-electron chi connectivity index (χ2n) is 6.81. The third-order valence-electron chi connectivity index (χ3n) is 4.83. The number of pyridine rings is 1. The van der Waals surface area contributed by atoms with Crippen LogP contribution < -0.4 is 5.32 Å². The fourth-order valence-electron chi connectivity index (χ4n) is 3.20. The standard InChI is InChI=1S/C18H21N5O2/c24-17(6-13-3-4-13)22-10-15-9-20-12-23(15)16(11-22)18(25)21-8-14-2-1-5-19-7-14/h1-2,5,7,9,12-13,16H,3-4,6,8,10-11H2,(H,21,25)/t16-/m1/s1. The number of hydrogen-bond donors (Lipinski definition) is 1. The van der Waals surface area contributed by atoms with Crippen molar-refractivity contribution in [1.82, 2.24) is 24.8 Å². The van der Waals surface area contributed by atoms with Gasteiger partial charge in [0.2, 0.25) is 11.8 Å². The minimum absolute atomic E-state index is 0.105. The molecule has 130 valence electrons. The second-order valence-corrected chi connectivity index (χ2v) is 6.81. The van der Waals surface area contributed by atoms with E-state index in [4.69, 9.17) is 0 Å². The lowest BCUT2D eigenvalue weighted by Crippen LogP contribution is -2.46. The Labute approximate surface area is 146 Å². The van der Waals surface area contributed by atoms with Crippen LogP contribution in [-0.4, -0.2) is 37.8 Å². The van der Waals surface area contributed by atoms with E-state index in [1.54, 1.807) is 29.8 Å². The highest BCUT2D eigenvalue weighted by Gasteiger charge is 2.34. The molecule has 25 heavy (non-hydrogen) atoms. The third kappa shape index (κ3) is 3.55. The van der Waals surface area contributed by atoms with Crippen molar-refractivity contribution in [3.05, 3.63) is 48.3 Å². The van der Waals surface area contributed by atoms with Crippen LogP contribution in [-0.2, 0) is 22.7 Å². The maximum Gasteiger partial charge on any atom is 0.245 e. The van der Waals surface area contributed by atoms with Crippen LogP contribution in [0.1, 0.15) is 36.6 Å². The van der Waals surface area contributed by atoms with Gasteiger partial charge in [-0.05, 0) is 30.4 Å². The SMILES string of the molecule is O=C(NCc1cccnc1)[C@H]1CN(C(=O)CC2CC2)Cc2cncn21. The fraction of sp³-hybridized carbons (Fsp3) is 0.444. The van der Waals surface area contributed by atoms with E-state index < -0.39 is 6.04 Å². The molecule has 1 aliphatic heterocycles. The molecule has 2 aliphatic rings. The van der Waals surface area contributed by atoms with Crippen LogP contribution in [0, 0.1) is 5.92 Å². The lowest BCUT2D eigenvalue weighted by molar-refractivity contribution is -0.135. The number of hydrogen-bond acceptors (Lipinski definition) is 4. The summed E-state index contributed by atoms with van der Waals surface area (Å²) in [6.07, 6.45) is 9.73. The Hall–Kier alpha value is -2.70. The van der Waals surface area contributed by atoms with Gasteiger partial charge in [-0.1, -0.05) is 6.07 Å². The molecule has 0 radical (unpaired) electrons. The normalized spacial score (nSPS) is 19.4. The molecule has 1 atom stereocenters. The summed E-state index contributed by atoms with van der Waals surface area (Å²) >= 11 is 0. The average Bonchev–Trinajstić information content (AvgIpc) is 3.32. The zero-order valence-corrected chi connectivity index (χ0v) is 14.0. The minimum atomic E-state index is -0.439. The van der Waals surface area contributed by atoms with Gasteiger partial charge in [0, 0.05) is 31.6 Å². The molecule has 2 aromatic rings. The number of nitrogens with zero attached hydrogens (tertiary/aromatic N) is 4. The van der Waals surface area contributed by atoms with Gasteiger partial charge in [-0.25, -0.2) is 4.98 Å². The van der Waals surface area contributed by atoms with E-state index in [1.165, 1.54) is 0 Å². The topological polar surface area (TPSA) is 80.1 Å².